The second-order valence-electron chi connectivity index (χ2n) is 18.4. The van der Waals surface area contributed by atoms with Gasteiger partial charge in [-0.25, -0.2) is 9.59 Å². The van der Waals surface area contributed by atoms with Gasteiger partial charge in [0.1, 0.15) is 134 Å². The van der Waals surface area contributed by atoms with Gasteiger partial charge in [-0.2, -0.15) is 9.78 Å². The quantitative estimate of drug-likeness (QED) is 0.110. The zero-order valence-corrected chi connectivity index (χ0v) is 38.5. The van der Waals surface area contributed by atoms with Gasteiger partial charge in [-0.15, -0.1) is 0 Å². The third kappa shape index (κ3) is 11.6. The van der Waals surface area contributed by atoms with Gasteiger partial charge in [0.25, 0.3) is 0 Å². The molecule has 0 radical (unpaired) electrons. The fraction of sp³-hybridized carbons (Fsp3) is 0.950. The van der Waals surface area contributed by atoms with Crippen LogP contribution < -0.4 is 0 Å². The van der Waals surface area contributed by atoms with Crippen molar-refractivity contribution < 1.29 is 168 Å². The summed E-state index contributed by atoms with van der Waals surface area (Å²) in [6, 6.07) is 0. The van der Waals surface area contributed by atoms with E-state index in [4.69, 9.17) is 76.4 Å². The molecule has 14 bridgehead atoms. The summed E-state index contributed by atoms with van der Waals surface area (Å²) in [4.78, 5) is 45.9. The summed E-state index contributed by atoms with van der Waals surface area (Å²) in [5.41, 5.74) is 0. The summed E-state index contributed by atoms with van der Waals surface area (Å²) in [7, 11) is 0. The summed E-state index contributed by atoms with van der Waals surface area (Å²) < 4.78 is 69.3. The average Bonchev–Trinajstić information content (AvgIpc) is 3.39. The van der Waals surface area contributed by atoms with Crippen molar-refractivity contribution in [3.8, 4) is 0 Å². The molecule has 0 aromatic carbocycles. The number of carbonyl (C=O) groups is 2. The maximum Gasteiger partial charge on any atom is 0.342 e. The number of carbonyl (C=O) groups excluding carboxylic acids is 2. The van der Waals surface area contributed by atoms with E-state index < -0.39 is 249 Å². The fourth-order valence-electron chi connectivity index (χ4n) is 9.62. The Labute approximate surface area is 416 Å². The van der Waals surface area contributed by atoms with E-state index in [1.54, 1.807) is 0 Å². The van der Waals surface area contributed by atoms with Crippen molar-refractivity contribution in [2.24, 2.45) is 0 Å². The molecule has 74 heavy (non-hydrogen) atoms. The lowest BCUT2D eigenvalue weighted by molar-refractivity contribution is -0.434. The van der Waals surface area contributed by atoms with Gasteiger partial charge in [0, 0.05) is 0 Å². The van der Waals surface area contributed by atoms with E-state index in [2.05, 4.69) is 0 Å². The van der Waals surface area contributed by atoms with Crippen LogP contribution in [0.5, 0.6) is 0 Å². The molecule has 0 aromatic heterocycles. The molecule has 20 saturated heterocycles. The monoisotopic (exact) mass is 1090 g/mol. The van der Waals surface area contributed by atoms with Crippen molar-refractivity contribution >= 4 is 11.9 Å². The second kappa shape index (κ2) is 24.8. The maximum absolute atomic E-state index is 12.8. The van der Waals surface area contributed by atoms with Crippen molar-refractivity contribution in [3.63, 3.8) is 0 Å². The largest absolute Gasteiger partial charge is 0.394 e. The second-order valence-corrected chi connectivity index (χ2v) is 18.4. The normalized spacial score (nSPS) is 52.1. The van der Waals surface area contributed by atoms with Crippen LogP contribution in [0.3, 0.4) is 0 Å². The molecular weight excluding hydrogens is 1020 g/mol. The molecule has 20 aliphatic rings. The predicted molar refractivity (Wildman–Crippen MR) is 215 cm³/mol. The first-order valence-electron chi connectivity index (χ1n) is 23.4. The zero-order chi connectivity index (χ0) is 53.4. The van der Waals surface area contributed by atoms with Crippen molar-refractivity contribution in [1.29, 1.82) is 0 Å². The van der Waals surface area contributed by atoms with Gasteiger partial charge in [0.15, 0.2) is 49.9 Å². The van der Waals surface area contributed by atoms with Gasteiger partial charge in [0.05, 0.1) is 52.5 Å². The molecule has 34 nitrogen and oxygen atoms in total. The molecule has 0 saturated carbocycles. The highest BCUT2D eigenvalue weighted by Crippen LogP contribution is 2.39. The lowest BCUT2D eigenvalue weighted by Gasteiger charge is -2.51. The Morgan fingerprint density at radius 2 is 0.473 bits per heavy atom. The van der Waals surface area contributed by atoms with E-state index in [-0.39, 0.29) is 0 Å². The van der Waals surface area contributed by atoms with Crippen LogP contribution in [0.25, 0.3) is 0 Å². The lowest BCUT2D eigenvalue weighted by atomic mass is 9.94. The number of aliphatic hydroxyl groups is 16. The summed E-state index contributed by atoms with van der Waals surface area (Å²) in [5, 5.41) is 177. The molecule has 0 amide bonds. The molecule has 34 heteroatoms. The van der Waals surface area contributed by atoms with Crippen LogP contribution in [-0.4, -0.2) is 318 Å². The van der Waals surface area contributed by atoms with E-state index in [9.17, 15) is 91.3 Å². The van der Waals surface area contributed by atoms with Crippen molar-refractivity contribution in [3.05, 3.63) is 0 Å². The van der Waals surface area contributed by atoms with Crippen LogP contribution in [0.4, 0.5) is 0 Å². The molecule has 20 fully saturated rings. The first-order chi connectivity index (χ1) is 35.4. The minimum atomic E-state index is -2.25. The molecule has 20 heterocycles. The third-order valence-corrected chi connectivity index (χ3v) is 13.7. The number of hydrogen-bond donors (Lipinski definition) is 16. The summed E-state index contributed by atoms with van der Waals surface area (Å²) >= 11 is 0. The topological polar surface area (TPSA) is 506 Å². The highest BCUT2D eigenvalue weighted by atomic mass is 17.2. The Hall–Kier alpha value is -2.26. The lowest BCUT2D eigenvalue weighted by Crippen LogP contribution is -2.69. The highest BCUT2D eigenvalue weighted by molar-refractivity contribution is 5.77. The van der Waals surface area contributed by atoms with Crippen molar-refractivity contribution in [2.45, 2.75) is 197 Å². The van der Waals surface area contributed by atoms with Gasteiger partial charge in [-0.3, -0.25) is 9.78 Å². The summed E-state index contributed by atoms with van der Waals surface area (Å²) in [6.07, 6.45) is -62.0. The minimum absolute atomic E-state index is 0.801. The van der Waals surface area contributed by atoms with Crippen molar-refractivity contribution in [2.75, 3.05) is 39.6 Å². The van der Waals surface area contributed by atoms with E-state index in [0.717, 1.165) is 0 Å². The van der Waals surface area contributed by atoms with Gasteiger partial charge < -0.3 is 139 Å². The van der Waals surface area contributed by atoms with Crippen LogP contribution in [0.15, 0.2) is 0 Å². The fourth-order valence-corrected chi connectivity index (χ4v) is 9.62. The molecule has 0 unspecified atom stereocenters. The SMILES string of the molecule is O=C1CCC(=O)OO[C@@H]2[C@@H](O)[C@H]3O[C@H]4[C@H](O)[C@@H](O)[C@@H](O[C@H]5[C@H](O)[C@@H](O)[C@@H](O[C@H]6[C@H](O)[C@@H](O)[C@@H](O[C@H]7[C@H](O)[C@@H](O)[C@@H](O[C@@H]8[C@H](OO1)[C@@H](O)[C@@H](O[C@H]2[C@@H](CO)O3)O[C@@H]8CO)O[C@@H]7CO)O[C@@H]6CO)O[C@@H]5CO)O[C@@H]4CO. The number of ether oxygens (including phenoxy) is 12. The molecule has 16 N–H and O–H groups in total. The van der Waals surface area contributed by atoms with Crippen molar-refractivity contribution in [1.82, 2.24) is 0 Å². The Balaban J connectivity index is 1.16. The third-order valence-electron chi connectivity index (χ3n) is 13.7. The first kappa shape index (κ1) is 57.9. The van der Waals surface area contributed by atoms with E-state index >= 15 is 0 Å². The summed E-state index contributed by atoms with van der Waals surface area (Å²) in [5.74, 6) is -2.55. The smallest absolute Gasteiger partial charge is 0.342 e. The molecule has 0 spiro atoms. The van der Waals surface area contributed by atoms with Crippen LogP contribution in [0.2, 0.25) is 0 Å². The van der Waals surface area contributed by atoms with E-state index in [0.29, 0.717) is 0 Å². The Morgan fingerprint density at radius 1 is 0.270 bits per heavy atom. The van der Waals surface area contributed by atoms with Gasteiger partial charge in [0.2, 0.25) is 0 Å². The zero-order valence-electron chi connectivity index (χ0n) is 38.5. The number of hydrogen-bond acceptors (Lipinski definition) is 34. The predicted octanol–water partition coefficient (Wildman–Crippen LogP) is -12.3. The average molecular weight is 1090 g/mol. The van der Waals surface area contributed by atoms with E-state index in [1.807, 2.05) is 0 Å². The van der Waals surface area contributed by atoms with Crippen LogP contribution in [-0.2, 0) is 86.0 Å². The maximum atomic E-state index is 12.8. The Kier molecular flexibility index (Phi) is 19.4. The van der Waals surface area contributed by atoms with E-state index in [1.165, 1.54) is 0 Å². The van der Waals surface area contributed by atoms with Gasteiger partial charge in [-0.05, 0) is 0 Å². The molecule has 0 aromatic rings. The Morgan fingerprint density at radius 3 is 0.703 bits per heavy atom. The van der Waals surface area contributed by atoms with Crippen LogP contribution >= 0.6 is 0 Å². The van der Waals surface area contributed by atoms with Crippen LogP contribution in [0.1, 0.15) is 12.8 Å². The highest BCUT2D eigenvalue weighted by Gasteiger charge is 2.60. The van der Waals surface area contributed by atoms with Gasteiger partial charge in [-0.1, -0.05) is 0 Å². The Bertz CT molecular complexity index is 1810. The molecule has 20 aliphatic heterocycles. The number of aliphatic hydroxyl groups excluding tert-OH is 16. The molecular formula is C40H62O34. The first-order valence-corrected chi connectivity index (χ1v) is 23.4. The minimum Gasteiger partial charge on any atom is -0.394 e. The molecule has 20 rings (SSSR count). The van der Waals surface area contributed by atoms with Crippen LogP contribution in [0, 0.1) is 0 Å². The molecule has 30 atom stereocenters. The van der Waals surface area contributed by atoms with Gasteiger partial charge >= 0.3 is 11.9 Å². The summed E-state index contributed by atoms with van der Waals surface area (Å²) in [6.45, 7) is -6.33. The standard InChI is InChI=1S/C40H62O34/c41-3-9-27-18(50)22(54)36(60-9)67-29-11(5-43)62-38(24(56)20(29)52)69-31-13(7-45)64-40-26(58)34(31)74-72-16(48)2-1-15(47)71-73-33-25(57)39(63-14(8-46)32(33)70-40)68-30-12(6-44)61-37(23(55)19(30)51)66-28-10(4-42)59-35(65-27)21(53)17(28)49/h9-14,17-46,49-58H,1-8H2/t9-,10-,11-,12-,13-,14-,17-,18-,19-,20-,21-,22-,23-,24-,25-,26-,27-,28-,29-,30-,31+,32+,33-,34-,35-,36-,37-,38-,39-,40-/m1/s1. The molecule has 0 aliphatic carbocycles. The molecule has 426 valence electrons. The number of rotatable bonds is 6.